The minimum atomic E-state index is -0.0446. The van der Waals surface area contributed by atoms with Gasteiger partial charge in [0.1, 0.15) is 0 Å². The van der Waals surface area contributed by atoms with E-state index in [9.17, 15) is 4.79 Å². The van der Waals surface area contributed by atoms with Crippen molar-refractivity contribution in [3.63, 3.8) is 0 Å². The highest BCUT2D eigenvalue weighted by Gasteiger charge is 2.33. The largest absolute Gasteiger partial charge is 0.334 e. The normalized spacial score (nSPS) is 17.2. The smallest absolute Gasteiger partial charge is 0.276 e. The van der Waals surface area contributed by atoms with Crippen LogP contribution in [0.15, 0.2) is 6.20 Å². The zero-order valence-corrected chi connectivity index (χ0v) is 8.27. The van der Waals surface area contributed by atoms with E-state index < -0.39 is 0 Å². The summed E-state index contributed by atoms with van der Waals surface area (Å²) in [7, 11) is 4.03. The van der Waals surface area contributed by atoms with Crippen molar-refractivity contribution in [2.24, 2.45) is 0 Å². The molecule has 0 bridgehead atoms. The van der Waals surface area contributed by atoms with Crippen LogP contribution in [-0.4, -0.2) is 64.3 Å². The number of hydrogen-bond acceptors (Lipinski definition) is 4. The van der Waals surface area contributed by atoms with E-state index in [-0.39, 0.29) is 5.91 Å². The first-order chi connectivity index (χ1) is 6.68. The molecule has 0 saturated carbocycles. The van der Waals surface area contributed by atoms with Gasteiger partial charge in [-0.15, -0.1) is 0 Å². The van der Waals surface area contributed by atoms with Crippen LogP contribution in [0.3, 0.4) is 0 Å². The Bertz CT molecular complexity index is 314. The fraction of sp³-hybridized carbons (Fsp3) is 0.625. The fourth-order valence-electron chi connectivity index (χ4n) is 1.41. The Kier molecular flexibility index (Phi) is 2.20. The highest BCUT2D eigenvalue weighted by Crippen LogP contribution is 2.14. The van der Waals surface area contributed by atoms with E-state index in [2.05, 4.69) is 20.3 Å². The summed E-state index contributed by atoms with van der Waals surface area (Å²) in [5.74, 6) is -0.0446. The molecule has 6 nitrogen and oxygen atoms in total. The van der Waals surface area contributed by atoms with Gasteiger partial charge in [0.05, 0.1) is 6.20 Å². The minimum Gasteiger partial charge on any atom is -0.334 e. The molecule has 0 radical (unpaired) electrons. The number of likely N-dealkylation sites (tertiary alicyclic amines) is 1. The number of hydrogen-bond donors (Lipinski definition) is 1. The van der Waals surface area contributed by atoms with Gasteiger partial charge in [-0.1, -0.05) is 0 Å². The summed E-state index contributed by atoms with van der Waals surface area (Å²) >= 11 is 0. The van der Waals surface area contributed by atoms with Crippen molar-refractivity contribution in [1.29, 1.82) is 0 Å². The van der Waals surface area contributed by atoms with Crippen molar-refractivity contribution in [3.05, 3.63) is 11.9 Å². The van der Waals surface area contributed by atoms with Crippen LogP contribution in [-0.2, 0) is 0 Å². The fourth-order valence-corrected chi connectivity index (χ4v) is 1.41. The number of amides is 1. The Hall–Kier alpha value is -1.43. The van der Waals surface area contributed by atoms with Crippen LogP contribution < -0.4 is 0 Å². The van der Waals surface area contributed by atoms with Gasteiger partial charge in [0.15, 0.2) is 5.69 Å². The third-order valence-electron chi connectivity index (χ3n) is 2.51. The van der Waals surface area contributed by atoms with Crippen LogP contribution in [0.2, 0.25) is 0 Å². The van der Waals surface area contributed by atoms with Crippen LogP contribution in [0.1, 0.15) is 10.5 Å². The summed E-state index contributed by atoms with van der Waals surface area (Å²) < 4.78 is 0. The lowest BCUT2D eigenvalue weighted by atomic mass is 10.1. The third kappa shape index (κ3) is 1.48. The molecule has 0 aliphatic carbocycles. The summed E-state index contributed by atoms with van der Waals surface area (Å²) in [6.45, 7) is 1.55. The van der Waals surface area contributed by atoms with E-state index >= 15 is 0 Å². The maximum absolute atomic E-state index is 11.6. The number of nitrogens with zero attached hydrogens (tertiary/aromatic N) is 4. The zero-order valence-electron chi connectivity index (χ0n) is 8.27. The molecule has 14 heavy (non-hydrogen) atoms. The number of H-pyrrole nitrogens is 1. The molecule has 1 aromatic heterocycles. The van der Waals surface area contributed by atoms with Crippen molar-refractivity contribution in [2.75, 3.05) is 27.2 Å². The second-order valence-corrected chi connectivity index (χ2v) is 3.68. The zero-order chi connectivity index (χ0) is 10.1. The number of aromatic amines is 1. The summed E-state index contributed by atoms with van der Waals surface area (Å²) in [4.78, 5) is 15.5. The lowest BCUT2D eigenvalue weighted by Gasteiger charge is -2.42. The van der Waals surface area contributed by atoms with Gasteiger partial charge >= 0.3 is 0 Å². The number of aromatic nitrogens is 3. The van der Waals surface area contributed by atoms with Crippen molar-refractivity contribution in [2.45, 2.75) is 6.04 Å². The van der Waals surface area contributed by atoms with Gasteiger partial charge < -0.3 is 9.80 Å². The molecule has 6 heteroatoms. The maximum atomic E-state index is 11.6. The molecule has 1 aliphatic rings. The predicted molar refractivity (Wildman–Crippen MR) is 49.8 cm³/mol. The summed E-state index contributed by atoms with van der Waals surface area (Å²) in [6.07, 6.45) is 1.45. The van der Waals surface area contributed by atoms with Crippen LogP contribution >= 0.6 is 0 Å². The molecule has 0 spiro atoms. The molecular weight excluding hydrogens is 182 g/mol. The number of rotatable bonds is 2. The average molecular weight is 195 g/mol. The summed E-state index contributed by atoms with van der Waals surface area (Å²) in [6, 6.07) is 0.478. The molecule has 1 fully saturated rings. The molecule has 2 heterocycles. The standard InChI is InChI=1S/C8H13N5O/c1-12(2)6-4-13(5-6)8(14)7-3-9-11-10-7/h3,6H,4-5H2,1-2H3,(H,9,10,11). The molecular formula is C8H13N5O. The number of carbonyl (C=O) groups is 1. The number of nitrogens with one attached hydrogen (secondary N) is 1. The Balaban J connectivity index is 1.91. The molecule has 76 valence electrons. The van der Waals surface area contributed by atoms with Gasteiger partial charge in [-0.3, -0.25) is 4.79 Å². The van der Waals surface area contributed by atoms with E-state index in [1.54, 1.807) is 4.90 Å². The number of likely N-dealkylation sites (N-methyl/N-ethyl adjacent to an activating group) is 1. The van der Waals surface area contributed by atoms with E-state index in [4.69, 9.17) is 0 Å². The maximum Gasteiger partial charge on any atom is 0.276 e. The SMILES string of the molecule is CN(C)C1CN(C(=O)c2cn[nH]n2)C1. The first-order valence-electron chi connectivity index (χ1n) is 4.50. The first-order valence-corrected chi connectivity index (χ1v) is 4.50. The molecule has 1 aromatic rings. The third-order valence-corrected chi connectivity index (χ3v) is 2.51. The first kappa shape index (κ1) is 9.14. The molecule has 0 atom stereocenters. The molecule has 1 aliphatic heterocycles. The Morgan fingerprint density at radius 2 is 2.36 bits per heavy atom. The van der Waals surface area contributed by atoms with E-state index in [0.29, 0.717) is 11.7 Å². The van der Waals surface area contributed by atoms with Gasteiger partial charge in [-0.2, -0.15) is 15.4 Å². The second kappa shape index (κ2) is 3.38. The average Bonchev–Trinajstić information content (AvgIpc) is 2.51. The highest BCUT2D eigenvalue weighted by molar-refractivity contribution is 5.92. The minimum absolute atomic E-state index is 0.0446. The van der Waals surface area contributed by atoms with Crippen LogP contribution in [0.4, 0.5) is 0 Å². The van der Waals surface area contributed by atoms with Crippen molar-refractivity contribution in [1.82, 2.24) is 25.2 Å². The Morgan fingerprint density at radius 1 is 1.64 bits per heavy atom. The van der Waals surface area contributed by atoms with E-state index in [0.717, 1.165) is 13.1 Å². The van der Waals surface area contributed by atoms with Crippen molar-refractivity contribution < 1.29 is 4.79 Å². The summed E-state index contributed by atoms with van der Waals surface area (Å²) in [5, 5.41) is 9.78. The van der Waals surface area contributed by atoms with E-state index in [1.807, 2.05) is 14.1 Å². The number of carbonyl (C=O) groups excluding carboxylic acids is 1. The molecule has 0 aromatic carbocycles. The molecule has 1 N–H and O–H groups in total. The molecule has 1 amide bonds. The van der Waals surface area contributed by atoms with E-state index in [1.165, 1.54) is 6.20 Å². The molecule has 2 rings (SSSR count). The summed E-state index contributed by atoms with van der Waals surface area (Å²) in [5.41, 5.74) is 0.391. The predicted octanol–water partition coefficient (Wildman–Crippen LogP) is -0.809. The van der Waals surface area contributed by atoms with Crippen molar-refractivity contribution >= 4 is 5.91 Å². The van der Waals surface area contributed by atoms with Crippen LogP contribution in [0.5, 0.6) is 0 Å². The van der Waals surface area contributed by atoms with Gasteiger partial charge in [0.2, 0.25) is 0 Å². The Labute approximate surface area is 81.9 Å². The quantitative estimate of drug-likeness (QED) is 0.670. The lowest BCUT2D eigenvalue weighted by molar-refractivity contribution is 0.0394. The van der Waals surface area contributed by atoms with Crippen LogP contribution in [0.25, 0.3) is 0 Å². The van der Waals surface area contributed by atoms with Gasteiger partial charge in [0, 0.05) is 19.1 Å². The topological polar surface area (TPSA) is 65.1 Å². The van der Waals surface area contributed by atoms with Crippen molar-refractivity contribution in [3.8, 4) is 0 Å². The van der Waals surface area contributed by atoms with Crippen LogP contribution in [0, 0.1) is 0 Å². The van der Waals surface area contributed by atoms with Gasteiger partial charge in [0.25, 0.3) is 5.91 Å². The Morgan fingerprint density at radius 3 is 2.86 bits per heavy atom. The monoisotopic (exact) mass is 195 g/mol. The van der Waals surface area contributed by atoms with Gasteiger partial charge in [-0.25, -0.2) is 0 Å². The van der Waals surface area contributed by atoms with Gasteiger partial charge in [-0.05, 0) is 14.1 Å². The second-order valence-electron chi connectivity index (χ2n) is 3.68. The molecule has 1 saturated heterocycles. The lowest BCUT2D eigenvalue weighted by Crippen LogP contribution is -2.59. The highest BCUT2D eigenvalue weighted by atomic mass is 16.2. The molecule has 0 unspecified atom stereocenters.